The van der Waals surface area contributed by atoms with E-state index in [1.165, 1.54) is 31.2 Å². The molecule has 1 atom stereocenters. The summed E-state index contributed by atoms with van der Waals surface area (Å²) >= 11 is 3.63. The standard InChI is InChI=1S/C18H28BrNO/c1-4-12-20-17(18(3)10-6-7-11-18)15-13-14(19)8-9-16(15)21-5-2/h8-9,13,17,20H,4-7,10-12H2,1-3H3. The van der Waals surface area contributed by atoms with Gasteiger partial charge in [0.1, 0.15) is 5.75 Å². The van der Waals surface area contributed by atoms with Gasteiger partial charge in [-0.15, -0.1) is 0 Å². The van der Waals surface area contributed by atoms with E-state index in [-0.39, 0.29) is 0 Å². The van der Waals surface area contributed by atoms with Crippen LogP contribution in [0.15, 0.2) is 22.7 Å². The molecule has 0 aliphatic heterocycles. The van der Waals surface area contributed by atoms with Crippen molar-refractivity contribution in [2.75, 3.05) is 13.2 Å². The maximum Gasteiger partial charge on any atom is 0.124 e. The van der Waals surface area contributed by atoms with Crippen molar-refractivity contribution in [2.24, 2.45) is 5.41 Å². The van der Waals surface area contributed by atoms with Crippen molar-refractivity contribution in [3.63, 3.8) is 0 Å². The number of nitrogens with one attached hydrogen (secondary N) is 1. The molecule has 1 aliphatic carbocycles. The van der Waals surface area contributed by atoms with Gasteiger partial charge in [0.15, 0.2) is 0 Å². The lowest BCUT2D eigenvalue weighted by atomic mass is 9.77. The number of rotatable bonds is 7. The van der Waals surface area contributed by atoms with Crippen LogP contribution in [-0.2, 0) is 0 Å². The summed E-state index contributed by atoms with van der Waals surface area (Å²) in [7, 11) is 0. The molecule has 1 aromatic rings. The van der Waals surface area contributed by atoms with Crippen LogP contribution < -0.4 is 10.1 Å². The number of benzene rings is 1. The Bertz CT molecular complexity index is 455. The fraction of sp³-hybridized carbons (Fsp3) is 0.667. The molecular formula is C18H28BrNO. The number of halogens is 1. The molecule has 1 aliphatic rings. The zero-order chi connectivity index (χ0) is 15.3. The van der Waals surface area contributed by atoms with Gasteiger partial charge in [-0.25, -0.2) is 0 Å². The van der Waals surface area contributed by atoms with Crippen LogP contribution in [0.2, 0.25) is 0 Å². The molecule has 0 aromatic heterocycles. The maximum absolute atomic E-state index is 5.90. The minimum Gasteiger partial charge on any atom is -0.494 e. The lowest BCUT2D eigenvalue weighted by Crippen LogP contribution is -2.35. The average molecular weight is 354 g/mol. The lowest BCUT2D eigenvalue weighted by molar-refractivity contribution is 0.216. The fourth-order valence-electron chi connectivity index (χ4n) is 3.52. The normalized spacial score (nSPS) is 18.7. The second-order valence-corrected chi connectivity index (χ2v) is 7.28. The van der Waals surface area contributed by atoms with Gasteiger partial charge in [-0.2, -0.15) is 0 Å². The first-order valence-electron chi connectivity index (χ1n) is 8.26. The molecule has 0 radical (unpaired) electrons. The second-order valence-electron chi connectivity index (χ2n) is 6.36. The summed E-state index contributed by atoms with van der Waals surface area (Å²) < 4.78 is 7.03. The van der Waals surface area contributed by atoms with Gasteiger partial charge in [0, 0.05) is 16.1 Å². The SMILES string of the molecule is CCCNC(c1cc(Br)ccc1OCC)C1(C)CCCC1. The van der Waals surface area contributed by atoms with E-state index in [9.17, 15) is 0 Å². The van der Waals surface area contributed by atoms with Crippen LogP contribution in [0.5, 0.6) is 5.75 Å². The van der Waals surface area contributed by atoms with Crippen molar-refractivity contribution in [1.82, 2.24) is 5.32 Å². The molecule has 0 bridgehead atoms. The summed E-state index contributed by atoms with van der Waals surface area (Å²) in [6.07, 6.45) is 6.45. The summed E-state index contributed by atoms with van der Waals surface area (Å²) in [5.41, 5.74) is 1.64. The molecule has 1 fully saturated rings. The first-order valence-corrected chi connectivity index (χ1v) is 9.05. The molecule has 2 nitrogen and oxygen atoms in total. The van der Waals surface area contributed by atoms with E-state index < -0.39 is 0 Å². The van der Waals surface area contributed by atoms with Gasteiger partial charge >= 0.3 is 0 Å². The van der Waals surface area contributed by atoms with E-state index in [0.29, 0.717) is 18.1 Å². The Morgan fingerprint density at radius 3 is 2.62 bits per heavy atom. The average Bonchev–Trinajstić information content (AvgIpc) is 2.90. The minimum atomic E-state index is 0.335. The van der Waals surface area contributed by atoms with Crippen molar-refractivity contribution in [1.29, 1.82) is 0 Å². The highest BCUT2D eigenvalue weighted by molar-refractivity contribution is 9.10. The number of hydrogen-bond acceptors (Lipinski definition) is 2. The molecule has 0 heterocycles. The summed E-state index contributed by atoms with van der Waals surface area (Å²) in [6, 6.07) is 6.78. The van der Waals surface area contributed by atoms with Gasteiger partial charge in [-0.1, -0.05) is 42.6 Å². The van der Waals surface area contributed by atoms with Crippen LogP contribution in [-0.4, -0.2) is 13.2 Å². The molecule has 1 saturated carbocycles. The number of hydrogen-bond donors (Lipinski definition) is 1. The largest absolute Gasteiger partial charge is 0.494 e. The van der Waals surface area contributed by atoms with Crippen LogP contribution in [0.3, 0.4) is 0 Å². The number of ether oxygens (including phenoxy) is 1. The van der Waals surface area contributed by atoms with Crippen molar-refractivity contribution in [3.8, 4) is 5.75 Å². The summed E-state index contributed by atoms with van der Waals surface area (Å²) in [4.78, 5) is 0. The highest BCUT2D eigenvalue weighted by Crippen LogP contribution is 2.49. The van der Waals surface area contributed by atoms with E-state index in [1.54, 1.807) is 0 Å². The summed E-state index contributed by atoms with van der Waals surface area (Å²) in [5.74, 6) is 1.03. The van der Waals surface area contributed by atoms with Crippen molar-refractivity contribution in [2.45, 2.75) is 58.9 Å². The van der Waals surface area contributed by atoms with Crippen LogP contribution in [0.25, 0.3) is 0 Å². The Balaban J connectivity index is 2.37. The first-order chi connectivity index (χ1) is 10.1. The molecule has 0 saturated heterocycles. The van der Waals surface area contributed by atoms with E-state index in [4.69, 9.17) is 4.74 Å². The third-order valence-electron chi connectivity index (χ3n) is 4.62. The van der Waals surface area contributed by atoms with Gasteiger partial charge < -0.3 is 10.1 Å². The summed E-state index contributed by atoms with van der Waals surface area (Å²) in [5, 5.41) is 3.79. The Morgan fingerprint density at radius 1 is 1.29 bits per heavy atom. The quantitative estimate of drug-likeness (QED) is 0.701. The van der Waals surface area contributed by atoms with Gasteiger partial charge in [0.25, 0.3) is 0 Å². The van der Waals surface area contributed by atoms with E-state index >= 15 is 0 Å². The highest BCUT2D eigenvalue weighted by atomic mass is 79.9. The fourth-order valence-corrected chi connectivity index (χ4v) is 3.90. The molecule has 0 amide bonds. The van der Waals surface area contributed by atoms with E-state index in [0.717, 1.165) is 23.2 Å². The predicted molar refractivity (Wildman–Crippen MR) is 92.9 cm³/mol. The molecule has 118 valence electrons. The van der Waals surface area contributed by atoms with Crippen LogP contribution in [0.1, 0.15) is 64.5 Å². The molecule has 1 aromatic carbocycles. The molecular weight excluding hydrogens is 326 g/mol. The van der Waals surface area contributed by atoms with Crippen LogP contribution in [0.4, 0.5) is 0 Å². The maximum atomic E-state index is 5.90. The Labute approximate surface area is 137 Å². The van der Waals surface area contributed by atoms with E-state index in [1.807, 2.05) is 0 Å². The zero-order valence-corrected chi connectivity index (χ0v) is 15.1. The van der Waals surface area contributed by atoms with Crippen LogP contribution in [0, 0.1) is 5.41 Å². The molecule has 3 heteroatoms. The lowest BCUT2D eigenvalue weighted by Gasteiger charge is -2.36. The molecule has 2 rings (SSSR count). The zero-order valence-electron chi connectivity index (χ0n) is 13.5. The van der Waals surface area contributed by atoms with Crippen molar-refractivity contribution < 1.29 is 4.74 Å². The monoisotopic (exact) mass is 353 g/mol. The van der Waals surface area contributed by atoms with Crippen LogP contribution >= 0.6 is 15.9 Å². The topological polar surface area (TPSA) is 21.3 Å². The first kappa shape index (κ1) is 16.8. The van der Waals surface area contributed by atoms with Gasteiger partial charge in [-0.3, -0.25) is 0 Å². The molecule has 0 spiro atoms. The Morgan fingerprint density at radius 2 is 2.00 bits per heavy atom. The Hall–Kier alpha value is -0.540. The second kappa shape index (κ2) is 7.64. The predicted octanol–water partition coefficient (Wildman–Crippen LogP) is 5.47. The van der Waals surface area contributed by atoms with Gasteiger partial charge in [0.2, 0.25) is 0 Å². The smallest absolute Gasteiger partial charge is 0.124 e. The highest BCUT2D eigenvalue weighted by Gasteiger charge is 2.38. The Kier molecular flexibility index (Phi) is 6.12. The summed E-state index contributed by atoms with van der Waals surface area (Å²) in [6.45, 7) is 8.48. The van der Waals surface area contributed by atoms with Gasteiger partial charge in [0.05, 0.1) is 6.61 Å². The molecule has 1 N–H and O–H groups in total. The van der Waals surface area contributed by atoms with E-state index in [2.05, 4.69) is 60.2 Å². The third-order valence-corrected chi connectivity index (χ3v) is 5.12. The van der Waals surface area contributed by atoms with Crippen molar-refractivity contribution >= 4 is 15.9 Å². The van der Waals surface area contributed by atoms with Crippen molar-refractivity contribution in [3.05, 3.63) is 28.2 Å². The molecule has 21 heavy (non-hydrogen) atoms. The third kappa shape index (κ3) is 4.01. The molecule has 1 unspecified atom stereocenters. The minimum absolute atomic E-state index is 0.335. The van der Waals surface area contributed by atoms with Gasteiger partial charge in [-0.05, 0) is 56.3 Å².